The summed E-state index contributed by atoms with van der Waals surface area (Å²) in [5.74, 6) is 0. The molecular weight excluding hydrogens is 418 g/mol. The lowest BCUT2D eigenvalue weighted by molar-refractivity contribution is 1.32. The van der Waals surface area contributed by atoms with Crippen molar-refractivity contribution in [3.63, 3.8) is 0 Å². The zero-order valence-electron chi connectivity index (χ0n) is 16.6. The van der Waals surface area contributed by atoms with Crippen LogP contribution in [0.3, 0.4) is 0 Å². The number of fused-ring (bicyclic) bond motifs is 4. The van der Waals surface area contributed by atoms with E-state index in [-0.39, 0.29) is 0 Å². The first-order chi connectivity index (χ1) is 15.3. The molecule has 0 spiro atoms. The maximum absolute atomic E-state index is 6.60. The summed E-state index contributed by atoms with van der Waals surface area (Å²) in [4.78, 5) is 2.34. The Balaban J connectivity index is 1.72. The topological polar surface area (TPSA) is 3.24 Å². The molecule has 0 atom stereocenters. The van der Waals surface area contributed by atoms with Crippen LogP contribution in [0, 0.1) is 0 Å². The predicted octanol–water partition coefficient (Wildman–Crippen LogP) is 9.33. The zero-order chi connectivity index (χ0) is 20.8. The highest BCUT2D eigenvalue weighted by Crippen LogP contribution is 2.46. The summed E-state index contributed by atoms with van der Waals surface area (Å²) < 4.78 is 2.57. The number of hydrogen-bond donors (Lipinski definition) is 0. The Hall–Kier alpha value is -3.33. The third-order valence-electron chi connectivity index (χ3n) is 5.68. The first kappa shape index (κ1) is 18.4. The molecule has 1 heterocycles. The SMILES string of the molecule is Clc1cc(N(c2ccccc2)c2cccc3c2sc2ccccc23)c2ccccc2c1. The Kier molecular flexibility index (Phi) is 4.41. The Bertz CT molecular complexity index is 1550. The number of halogens is 1. The van der Waals surface area contributed by atoms with Crippen LogP contribution in [0.25, 0.3) is 30.9 Å². The van der Waals surface area contributed by atoms with Gasteiger partial charge in [0.25, 0.3) is 0 Å². The summed E-state index contributed by atoms with van der Waals surface area (Å²) in [6, 6.07) is 38.3. The van der Waals surface area contributed by atoms with Gasteiger partial charge in [-0.25, -0.2) is 0 Å². The molecule has 148 valence electrons. The van der Waals surface area contributed by atoms with Crippen molar-refractivity contribution in [2.45, 2.75) is 0 Å². The van der Waals surface area contributed by atoms with E-state index >= 15 is 0 Å². The van der Waals surface area contributed by atoms with Gasteiger partial charge in [-0.3, -0.25) is 0 Å². The predicted molar refractivity (Wildman–Crippen MR) is 137 cm³/mol. The summed E-state index contributed by atoms with van der Waals surface area (Å²) in [7, 11) is 0. The molecule has 31 heavy (non-hydrogen) atoms. The third kappa shape index (κ3) is 3.07. The number of hydrogen-bond acceptors (Lipinski definition) is 2. The molecule has 0 amide bonds. The smallest absolute Gasteiger partial charge is 0.0640 e. The number of para-hydroxylation sites is 1. The van der Waals surface area contributed by atoms with Crippen molar-refractivity contribution in [3.05, 3.63) is 114 Å². The standard InChI is InChI=1S/C28H18ClNS/c29-20-17-19-9-4-5-12-22(19)26(18-20)30(21-10-2-1-3-11-21)25-15-8-14-24-23-13-6-7-16-27(23)31-28(24)25/h1-18H. The van der Waals surface area contributed by atoms with Gasteiger partial charge in [-0.2, -0.15) is 0 Å². The fourth-order valence-electron chi connectivity index (χ4n) is 4.33. The summed E-state index contributed by atoms with van der Waals surface area (Å²) in [6.07, 6.45) is 0. The largest absolute Gasteiger partial charge is 0.308 e. The van der Waals surface area contributed by atoms with E-state index in [0.717, 1.165) is 27.5 Å². The summed E-state index contributed by atoms with van der Waals surface area (Å²) in [5, 5.41) is 5.63. The average molecular weight is 436 g/mol. The second-order valence-electron chi connectivity index (χ2n) is 7.57. The normalized spacial score (nSPS) is 11.4. The van der Waals surface area contributed by atoms with Crippen molar-refractivity contribution in [3.8, 4) is 0 Å². The van der Waals surface area contributed by atoms with Crippen molar-refractivity contribution in [2.75, 3.05) is 4.90 Å². The number of nitrogens with zero attached hydrogens (tertiary/aromatic N) is 1. The van der Waals surface area contributed by atoms with Gasteiger partial charge in [0.1, 0.15) is 0 Å². The zero-order valence-corrected chi connectivity index (χ0v) is 18.2. The Labute approximate surface area is 189 Å². The van der Waals surface area contributed by atoms with E-state index < -0.39 is 0 Å². The van der Waals surface area contributed by atoms with E-state index in [2.05, 4.69) is 108 Å². The molecule has 0 aliphatic heterocycles. The van der Waals surface area contributed by atoms with Gasteiger partial charge in [0, 0.05) is 31.6 Å². The van der Waals surface area contributed by atoms with Gasteiger partial charge in [0.15, 0.2) is 0 Å². The van der Waals surface area contributed by atoms with Crippen LogP contribution < -0.4 is 4.90 Å². The lowest BCUT2D eigenvalue weighted by Gasteiger charge is -2.27. The average Bonchev–Trinajstić information content (AvgIpc) is 3.19. The highest BCUT2D eigenvalue weighted by Gasteiger charge is 2.19. The van der Waals surface area contributed by atoms with Crippen molar-refractivity contribution < 1.29 is 0 Å². The van der Waals surface area contributed by atoms with E-state index in [4.69, 9.17) is 11.6 Å². The molecule has 0 aliphatic rings. The van der Waals surface area contributed by atoms with Crippen molar-refractivity contribution in [2.24, 2.45) is 0 Å². The second kappa shape index (κ2) is 7.42. The highest BCUT2D eigenvalue weighted by atomic mass is 35.5. The fraction of sp³-hybridized carbons (Fsp3) is 0. The van der Waals surface area contributed by atoms with Gasteiger partial charge in [-0.1, -0.05) is 84.4 Å². The monoisotopic (exact) mass is 435 g/mol. The van der Waals surface area contributed by atoms with E-state index in [1.807, 2.05) is 17.4 Å². The Morgan fingerprint density at radius 3 is 2.16 bits per heavy atom. The quantitative estimate of drug-likeness (QED) is 0.267. The van der Waals surface area contributed by atoms with E-state index in [9.17, 15) is 0 Å². The van der Waals surface area contributed by atoms with E-state index in [1.54, 1.807) is 0 Å². The lowest BCUT2D eigenvalue weighted by Crippen LogP contribution is -2.10. The van der Waals surface area contributed by atoms with Crippen molar-refractivity contribution >= 4 is 70.9 Å². The molecular formula is C28H18ClNS. The molecule has 0 N–H and O–H groups in total. The van der Waals surface area contributed by atoms with Crippen LogP contribution in [0.1, 0.15) is 0 Å². The molecule has 0 aliphatic carbocycles. The van der Waals surface area contributed by atoms with Gasteiger partial charge in [0.05, 0.1) is 16.1 Å². The molecule has 0 saturated carbocycles. The fourth-order valence-corrected chi connectivity index (χ4v) is 5.76. The minimum absolute atomic E-state index is 0.734. The maximum Gasteiger partial charge on any atom is 0.0640 e. The Morgan fingerprint density at radius 2 is 1.29 bits per heavy atom. The van der Waals surface area contributed by atoms with Crippen molar-refractivity contribution in [1.29, 1.82) is 0 Å². The third-order valence-corrected chi connectivity index (χ3v) is 7.11. The van der Waals surface area contributed by atoms with Gasteiger partial charge in [-0.15, -0.1) is 11.3 Å². The van der Waals surface area contributed by atoms with Gasteiger partial charge in [-0.05, 0) is 41.8 Å². The molecule has 5 aromatic carbocycles. The Morgan fingerprint density at radius 1 is 0.581 bits per heavy atom. The first-order valence-corrected chi connectivity index (χ1v) is 11.4. The number of rotatable bonds is 3. The molecule has 1 nitrogen and oxygen atoms in total. The highest BCUT2D eigenvalue weighted by molar-refractivity contribution is 7.26. The van der Waals surface area contributed by atoms with Crippen LogP contribution >= 0.6 is 22.9 Å². The summed E-state index contributed by atoms with van der Waals surface area (Å²) >= 11 is 8.44. The molecule has 0 saturated heterocycles. The maximum atomic E-state index is 6.60. The lowest BCUT2D eigenvalue weighted by atomic mass is 10.1. The van der Waals surface area contributed by atoms with E-state index in [0.29, 0.717) is 0 Å². The van der Waals surface area contributed by atoms with Gasteiger partial charge >= 0.3 is 0 Å². The summed E-state index contributed by atoms with van der Waals surface area (Å²) in [5.41, 5.74) is 3.36. The van der Waals surface area contributed by atoms with Crippen LogP contribution in [0.4, 0.5) is 17.1 Å². The van der Waals surface area contributed by atoms with Crippen LogP contribution in [0.2, 0.25) is 5.02 Å². The molecule has 0 bridgehead atoms. The molecule has 6 rings (SSSR count). The number of benzene rings is 5. The minimum Gasteiger partial charge on any atom is -0.308 e. The number of anilines is 3. The second-order valence-corrected chi connectivity index (χ2v) is 9.06. The van der Waals surface area contributed by atoms with E-state index in [1.165, 1.54) is 25.6 Å². The molecule has 0 radical (unpaired) electrons. The molecule has 1 aromatic heterocycles. The van der Waals surface area contributed by atoms with Crippen LogP contribution in [-0.2, 0) is 0 Å². The number of thiophene rings is 1. The van der Waals surface area contributed by atoms with Crippen LogP contribution in [0.5, 0.6) is 0 Å². The van der Waals surface area contributed by atoms with Crippen LogP contribution in [-0.4, -0.2) is 0 Å². The molecule has 3 heteroatoms. The minimum atomic E-state index is 0.734. The van der Waals surface area contributed by atoms with Gasteiger partial charge in [0.2, 0.25) is 0 Å². The van der Waals surface area contributed by atoms with Gasteiger partial charge < -0.3 is 4.90 Å². The van der Waals surface area contributed by atoms with Crippen molar-refractivity contribution in [1.82, 2.24) is 0 Å². The first-order valence-electron chi connectivity index (χ1n) is 10.2. The molecule has 0 fully saturated rings. The summed E-state index contributed by atoms with van der Waals surface area (Å²) in [6.45, 7) is 0. The van der Waals surface area contributed by atoms with Crippen LogP contribution in [0.15, 0.2) is 109 Å². The molecule has 0 unspecified atom stereocenters. The molecule has 6 aromatic rings.